The molecule has 1 heterocycles. The van der Waals surface area contributed by atoms with Crippen LogP contribution in [0.1, 0.15) is 25.9 Å². The number of para-hydroxylation sites is 1. The van der Waals surface area contributed by atoms with E-state index in [-0.39, 0.29) is 10.9 Å². The van der Waals surface area contributed by atoms with Gasteiger partial charge in [0.15, 0.2) is 0 Å². The van der Waals surface area contributed by atoms with Crippen LogP contribution in [0.15, 0.2) is 24.3 Å². The summed E-state index contributed by atoms with van der Waals surface area (Å²) in [6, 6.07) is 7.34. The fourth-order valence-corrected chi connectivity index (χ4v) is 3.03. The number of carbonyl (C=O) groups excluding carboxylic acids is 1. The van der Waals surface area contributed by atoms with Crippen molar-refractivity contribution in [3.8, 4) is 0 Å². The third kappa shape index (κ3) is 2.71. The average Bonchev–Trinajstić information content (AvgIpc) is 2.76. The van der Waals surface area contributed by atoms with Crippen molar-refractivity contribution in [2.45, 2.75) is 13.8 Å². The second-order valence-electron chi connectivity index (χ2n) is 4.39. The molecular weight excluding hydrogens is 290 g/mol. The topological polar surface area (TPSA) is 59.2 Å². The SMILES string of the molecule is Cc1nc(C)c(C(=O)N(C)c2ccccc2C(N)=S)s1. The zero-order valence-corrected chi connectivity index (χ0v) is 13.1. The molecule has 104 valence electrons. The highest BCUT2D eigenvalue weighted by atomic mass is 32.1. The molecular formula is C14H15N3OS2. The number of rotatable bonds is 3. The van der Waals surface area contributed by atoms with Crippen molar-refractivity contribution in [1.82, 2.24) is 4.98 Å². The summed E-state index contributed by atoms with van der Waals surface area (Å²) < 4.78 is 0. The summed E-state index contributed by atoms with van der Waals surface area (Å²) in [5, 5.41) is 0.877. The van der Waals surface area contributed by atoms with Crippen molar-refractivity contribution >= 4 is 40.1 Å². The predicted octanol–water partition coefficient (Wildman–Crippen LogP) is 2.67. The molecule has 0 unspecified atom stereocenters. The van der Waals surface area contributed by atoms with Gasteiger partial charge in [0.05, 0.1) is 16.4 Å². The number of nitrogens with zero attached hydrogens (tertiary/aromatic N) is 2. The standard InChI is InChI=1S/C14H15N3OS2/c1-8-12(20-9(2)16-8)14(18)17(3)11-7-5-4-6-10(11)13(15)19/h4-7H,1-3H3,(H2,15,19). The van der Waals surface area contributed by atoms with Crippen LogP contribution >= 0.6 is 23.6 Å². The van der Waals surface area contributed by atoms with Gasteiger partial charge in [0, 0.05) is 12.6 Å². The largest absolute Gasteiger partial charge is 0.389 e. The van der Waals surface area contributed by atoms with Gasteiger partial charge in [-0.3, -0.25) is 4.79 Å². The molecule has 1 amide bonds. The van der Waals surface area contributed by atoms with Crippen LogP contribution in [-0.4, -0.2) is 22.9 Å². The first kappa shape index (κ1) is 14.6. The first-order valence-electron chi connectivity index (χ1n) is 6.02. The highest BCUT2D eigenvalue weighted by Crippen LogP contribution is 2.24. The van der Waals surface area contributed by atoms with Crippen molar-refractivity contribution in [3.63, 3.8) is 0 Å². The van der Waals surface area contributed by atoms with Gasteiger partial charge in [-0.1, -0.05) is 24.4 Å². The molecule has 2 rings (SSSR count). The van der Waals surface area contributed by atoms with E-state index in [0.717, 1.165) is 10.7 Å². The number of thiazole rings is 1. The quantitative estimate of drug-likeness (QED) is 0.886. The number of thiocarbonyl (C=S) groups is 1. The summed E-state index contributed by atoms with van der Waals surface area (Å²) in [5.41, 5.74) is 7.85. The number of benzene rings is 1. The number of nitrogens with two attached hydrogens (primary N) is 1. The van der Waals surface area contributed by atoms with E-state index >= 15 is 0 Å². The summed E-state index contributed by atoms with van der Waals surface area (Å²) in [5.74, 6) is -0.100. The normalized spacial score (nSPS) is 10.3. The Bertz CT molecular complexity index is 679. The van der Waals surface area contributed by atoms with Gasteiger partial charge in [0.25, 0.3) is 5.91 Å². The summed E-state index contributed by atoms with van der Waals surface area (Å²) in [7, 11) is 1.72. The molecule has 4 nitrogen and oxygen atoms in total. The Morgan fingerprint density at radius 3 is 2.55 bits per heavy atom. The molecule has 6 heteroatoms. The van der Waals surface area contributed by atoms with E-state index in [0.29, 0.717) is 16.1 Å². The van der Waals surface area contributed by atoms with Gasteiger partial charge >= 0.3 is 0 Å². The lowest BCUT2D eigenvalue weighted by atomic mass is 10.1. The van der Waals surface area contributed by atoms with Gasteiger partial charge in [-0.05, 0) is 26.0 Å². The molecule has 0 radical (unpaired) electrons. The third-order valence-electron chi connectivity index (χ3n) is 2.93. The number of anilines is 1. The van der Waals surface area contributed by atoms with E-state index in [4.69, 9.17) is 18.0 Å². The van der Waals surface area contributed by atoms with E-state index in [2.05, 4.69) is 4.98 Å². The van der Waals surface area contributed by atoms with Gasteiger partial charge in [0.2, 0.25) is 0 Å². The number of carbonyl (C=O) groups is 1. The minimum Gasteiger partial charge on any atom is -0.389 e. The minimum absolute atomic E-state index is 0.100. The Kier molecular flexibility index (Phi) is 4.15. The molecule has 0 atom stereocenters. The molecule has 20 heavy (non-hydrogen) atoms. The summed E-state index contributed by atoms with van der Waals surface area (Å²) in [6.07, 6.45) is 0. The fraction of sp³-hybridized carbons (Fsp3) is 0.214. The van der Waals surface area contributed by atoms with Crippen LogP contribution in [0, 0.1) is 13.8 Å². The van der Waals surface area contributed by atoms with Crippen molar-refractivity contribution in [1.29, 1.82) is 0 Å². The second kappa shape index (κ2) is 5.68. The highest BCUT2D eigenvalue weighted by Gasteiger charge is 2.21. The number of amides is 1. The van der Waals surface area contributed by atoms with E-state index in [1.54, 1.807) is 11.9 Å². The van der Waals surface area contributed by atoms with Crippen LogP contribution in [-0.2, 0) is 0 Å². The van der Waals surface area contributed by atoms with Crippen molar-refractivity contribution in [2.24, 2.45) is 5.73 Å². The molecule has 0 spiro atoms. The maximum Gasteiger partial charge on any atom is 0.270 e. The van der Waals surface area contributed by atoms with Crippen LogP contribution in [0.3, 0.4) is 0 Å². The smallest absolute Gasteiger partial charge is 0.270 e. The third-order valence-corrected chi connectivity index (χ3v) is 4.21. The molecule has 0 aliphatic rings. The Balaban J connectivity index is 2.41. The summed E-state index contributed by atoms with van der Waals surface area (Å²) in [6.45, 7) is 3.72. The molecule has 1 aromatic heterocycles. The number of aromatic nitrogens is 1. The Hall–Kier alpha value is -1.79. The Labute approximate surface area is 127 Å². The van der Waals surface area contributed by atoms with Gasteiger partial charge in [-0.25, -0.2) is 4.98 Å². The monoisotopic (exact) mass is 305 g/mol. The van der Waals surface area contributed by atoms with Crippen LogP contribution in [0.5, 0.6) is 0 Å². The number of hydrogen-bond acceptors (Lipinski definition) is 4. The summed E-state index contributed by atoms with van der Waals surface area (Å²) in [4.78, 5) is 19.3. The van der Waals surface area contributed by atoms with Gasteiger partial charge in [-0.2, -0.15) is 0 Å². The lowest BCUT2D eigenvalue weighted by molar-refractivity contribution is 0.0996. The molecule has 2 aromatic rings. The van der Waals surface area contributed by atoms with Crippen molar-refractivity contribution in [3.05, 3.63) is 45.4 Å². The fourth-order valence-electron chi connectivity index (χ4n) is 1.97. The van der Waals surface area contributed by atoms with E-state index in [9.17, 15) is 4.79 Å². The number of hydrogen-bond donors (Lipinski definition) is 1. The molecule has 0 aliphatic carbocycles. The summed E-state index contributed by atoms with van der Waals surface area (Å²) >= 11 is 6.43. The van der Waals surface area contributed by atoms with Crippen molar-refractivity contribution < 1.29 is 4.79 Å². The maximum absolute atomic E-state index is 12.6. The maximum atomic E-state index is 12.6. The molecule has 0 aliphatic heterocycles. The zero-order valence-electron chi connectivity index (χ0n) is 11.5. The molecule has 0 bridgehead atoms. The average molecular weight is 305 g/mol. The number of aryl methyl sites for hydroxylation is 2. The predicted molar refractivity (Wildman–Crippen MR) is 86.7 cm³/mol. The lowest BCUT2D eigenvalue weighted by Crippen LogP contribution is -2.28. The van der Waals surface area contributed by atoms with Gasteiger partial charge in [-0.15, -0.1) is 11.3 Å². The molecule has 0 saturated carbocycles. The van der Waals surface area contributed by atoms with E-state index < -0.39 is 0 Å². The molecule has 0 fully saturated rings. The zero-order chi connectivity index (χ0) is 14.9. The molecule has 2 N–H and O–H groups in total. The first-order chi connectivity index (χ1) is 9.41. The highest BCUT2D eigenvalue weighted by molar-refractivity contribution is 7.80. The van der Waals surface area contributed by atoms with Crippen LogP contribution < -0.4 is 10.6 Å². The van der Waals surface area contributed by atoms with Gasteiger partial charge < -0.3 is 10.6 Å². The molecule has 0 saturated heterocycles. The van der Waals surface area contributed by atoms with Crippen LogP contribution in [0.2, 0.25) is 0 Å². The Morgan fingerprint density at radius 1 is 1.35 bits per heavy atom. The second-order valence-corrected chi connectivity index (χ2v) is 6.04. The first-order valence-corrected chi connectivity index (χ1v) is 7.25. The van der Waals surface area contributed by atoms with E-state index in [1.807, 2.05) is 38.1 Å². The van der Waals surface area contributed by atoms with E-state index in [1.165, 1.54) is 11.3 Å². The minimum atomic E-state index is -0.100. The van der Waals surface area contributed by atoms with Crippen LogP contribution in [0.4, 0.5) is 5.69 Å². The Morgan fingerprint density at radius 2 is 2.00 bits per heavy atom. The molecule has 1 aromatic carbocycles. The lowest BCUT2D eigenvalue weighted by Gasteiger charge is -2.19. The van der Waals surface area contributed by atoms with Crippen molar-refractivity contribution in [2.75, 3.05) is 11.9 Å². The van der Waals surface area contributed by atoms with Crippen LogP contribution in [0.25, 0.3) is 0 Å². The van der Waals surface area contributed by atoms with Gasteiger partial charge in [0.1, 0.15) is 9.87 Å².